The van der Waals surface area contributed by atoms with Crippen molar-refractivity contribution in [2.24, 2.45) is 5.92 Å². The Bertz CT molecular complexity index is 958. The zero-order valence-electron chi connectivity index (χ0n) is 17.3. The number of carbonyl (C=O) groups excluding carboxylic acids is 3. The number of carbonyl (C=O) groups is 3. The molecule has 1 aliphatic rings. The highest BCUT2D eigenvalue weighted by molar-refractivity contribution is 7.89. The average Bonchev–Trinajstić information content (AvgIpc) is 2.76. The Morgan fingerprint density at radius 1 is 1.19 bits per heavy atom. The smallest absolute Gasteiger partial charge is 0.405 e. The van der Waals surface area contributed by atoms with E-state index in [9.17, 15) is 36.0 Å². The molecule has 0 aromatic heterocycles. The molecule has 1 atom stereocenters. The normalized spacial score (nSPS) is 16.8. The van der Waals surface area contributed by atoms with Gasteiger partial charge in [0.2, 0.25) is 10.0 Å². The molecule has 1 aliphatic heterocycles. The molecule has 178 valence electrons. The molecule has 1 amide bonds. The third kappa shape index (κ3) is 6.42. The van der Waals surface area contributed by atoms with E-state index in [1.165, 1.54) is 24.3 Å². The van der Waals surface area contributed by atoms with Crippen molar-refractivity contribution in [3.05, 3.63) is 29.8 Å². The Balaban J connectivity index is 1.97. The fourth-order valence-electron chi connectivity index (χ4n) is 3.10. The maximum Gasteiger partial charge on any atom is 0.405 e. The van der Waals surface area contributed by atoms with Gasteiger partial charge in [-0.1, -0.05) is 12.1 Å². The number of nitrogens with zero attached hydrogens (tertiary/aromatic N) is 1. The van der Waals surface area contributed by atoms with Crippen LogP contribution in [0.15, 0.2) is 29.2 Å². The van der Waals surface area contributed by atoms with Crippen LogP contribution < -0.4 is 5.32 Å². The van der Waals surface area contributed by atoms with Crippen molar-refractivity contribution in [2.45, 2.75) is 36.9 Å². The number of esters is 2. The van der Waals surface area contributed by atoms with Gasteiger partial charge in [0.1, 0.15) is 6.54 Å². The zero-order chi connectivity index (χ0) is 24.1. The van der Waals surface area contributed by atoms with E-state index < -0.39 is 52.6 Å². The molecule has 0 aliphatic carbocycles. The third-order valence-electron chi connectivity index (χ3n) is 4.82. The van der Waals surface area contributed by atoms with Crippen molar-refractivity contribution in [3.63, 3.8) is 0 Å². The Kier molecular flexibility index (Phi) is 8.24. The van der Waals surface area contributed by atoms with Gasteiger partial charge >= 0.3 is 18.1 Å². The van der Waals surface area contributed by atoms with Gasteiger partial charge in [-0.3, -0.25) is 9.59 Å². The van der Waals surface area contributed by atoms with E-state index in [-0.39, 0.29) is 36.4 Å². The molecule has 0 spiro atoms. The molecule has 32 heavy (non-hydrogen) atoms. The molecule has 0 bridgehead atoms. The van der Waals surface area contributed by atoms with Gasteiger partial charge in [0, 0.05) is 13.1 Å². The number of sulfonamides is 1. The van der Waals surface area contributed by atoms with Gasteiger partial charge in [0.05, 0.1) is 23.5 Å². The van der Waals surface area contributed by atoms with Crippen LogP contribution in [-0.2, 0) is 29.1 Å². The van der Waals surface area contributed by atoms with Gasteiger partial charge in [0.15, 0.2) is 6.10 Å². The highest BCUT2D eigenvalue weighted by atomic mass is 32.2. The fourth-order valence-corrected chi connectivity index (χ4v) is 4.75. The SMILES string of the molecule is COC(=O)c1ccccc1S(=O)(=O)N1CCC(C(=O)OC(C)C(=O)NCC(F)(F)F)CC1. The molecular weight excluding hydrogens is 457 g/mol. The summed E-state index contributed by atoms with van der Waals surface area (Å²) >= 11 is 0. The number of nitrogens with one attached hydrogen (secondary N) is 1. The standard InChI is InChI=1S/C19H23F3N2O7S/c1-12(16(25)23-11-19(20,21)22)31-17(26)13-7-9-24(10-8-13)32(28,29)15-6-4-3-5-14(15)18(27)30-2/h3-6,12-13H,7-11H2,1-2H3,(H,23,25). The molecular formula is C19H23F3N2O7S. The largest absolute Gasteiger partial charge is 0.465 e. The molecule has 9 nitrogen and oxygen atoms in total. The topological polar surface area (TPSA) is 119 Å². The van der Waals surface area contributed by atoms with Crippen LogP contribution in [0.2, 0.25) is 0 Å². The lowest BCUT2D eigenvalue weighted by Gasteiger charge is -2.31. The number of halogens is 3. The minimum absolute atomic E-state index is 0.0493. The molecule has 0 saturated carbocycles. The number of amides is 1. The van der Waals surface area contributed by atoms with Gasteiger partial charge in [0.25, 0.3) is 5.91 Å². The van der Waals surface area contributed by atoms with Crippen LogP contribution in [0.3, 0.4) is 0 Å². The Morgan fingerprint density at radius 2 is 1.78 bits per heavy atom. The van der Waals surface area contributed by atoms with E-state index in [0.29, 0.717) is 0 Å². The maximum absolute atomic E-state index is 13.0. The first-order chi connectivity index (χ1) is 14.9. The molecule has 1 aromatic rings. The number of hydrogen-bond donors (Lipinski definition) is 1. The number of hydrogen-bond acceptors (Lipinski definition) is 7. The van der Waals surface area contributed by atoms with Crippen molar-refractivity contribution >= 4 is 27.9 Å². The minimum Gasteiger partial charge on any atom is -0.465 e. The summed E-state index contributed by atoms with van der Waals surface area (Å²) in [6, 6.07) is 5.57. The van der Waals surface area contributed by atoms with Crippen molar-refractivity contribution in [1.82, 2.24) is 9.62 Å². The molecule has 1 heterocycles. The van der Waals surface area contributed by atoms with E-state index in [0.717, 1.165) is 18.3 Å². The lowest BCUT2D eigenvalue weighted by molar-refractivity contribution is -0.161. The first kappa shape index (κ1) is 25.6. The molecule has 1 saturated heterocycles. The summed E-state index contributed by atoms with van der Waals surface area (Å²) in [4.78, 5) is 35.6. The van der Waals surface area contributed by atoms with E-state index in [1.54, 1.807) is 5.32 Å². The number of rotatable bonds is 7. The van der Waals surface area contributed by atoms with Crippen LogP contribution in [-0.4, -0.2) is 69.6 Å². The summed E-state index contributed by atoms with van der Waals surface area (Å²) < 4.78 is 73.2. The van der Waals surface area contributed by atoms with Crippen LogP contribution in [0, 0.1) is 5.92 Å². The van der Waals surface area contributed by atoms with Gasteiger partial charge in [-0.25, -0.2) is 13.2 Å². The first-order valence-electron chi connectivity index (χ1n) is 9.59. The Labute approximate surface area is 182 Å². The predicted octanol–water partition coefficient (Wildman–Crippen LogP) is 1.48. The quantitative estimate of drug-likeness (QED) is 0.587. The molecule has 1 aromatic carbocycles. The average molecular weight is 480 g/mol. The maximum atomic E-state index is 13.0. The van der Waals surface area contributed by atoms with Crippen molar-refractivity contribution in [2.75, 3.05) is 26.7 Å². The summed E-state index contributed by atoms with van der Waals surface area (Å²) in [6.45, 7) is -0.498. The van der Waals surface area contributed by atoms with Crippen LogP contribution in [0.5, 0.6) is 0 Å². The zero-order valence-corrected chi connectivity index (χ0v) is 18.2. The number of alkyl halides is 3. The molecule has 0 radical (unpaired) electrons. The second kappa shape index (κ2) is 10.3. The molecule has 1 N–H and O–H groups in total. The molecule has 1 fully saturated rings. The van der Waals surface area contributed by atoms with E-state index in [4.69, 9.17) is 4.74 Å². The van der Waals surface area contributed by atoms with Crippen molar-refractivity contribution in [1.29, 1.82) is 0 Å². The number of piperidine rings is 1. The van der Waals surface area contributed by atoms with Crippen molar-refractivity contribution in [3.8, 4) is 0 Å². The van der Waals surface area contributed by atoms with Gasteiger partial charge in [-0.05, 0) is 31.9 Å². The highest BCUT2D eigenvalue weighted by Crippen LogP contribution is 2.27. The summed E-state index contributed by atoms with van der Waals surface area (Å²) in [6.07, 6.45) is -5.87. The van der Waals surface area contributed by atoms with E-state index in [1.807, 2.05) is 0 Å². The third-order valence-corrected chi connectivity index (χ3v) is 6.78. The lowest BCUT2D eigenvalue weighted by atomic mass is 9.98. The lowest BCUT2D eigenvalue weighted by Crippen LogP contribution is -2.44. The summed E-state index contributed by atoms with van der Waals surface area (Å²) in [5.74, 6) is -3.42. The van der Waals surface area contributed by atoms with Crippen LogP contribution in [0.25, 0.3) is 0 Å². The predicted molar refractivity (Wildman–Crippen MR) is 104 cm³/mol. The Hall–Kier alpha value is -2.67. The first-order valence-corrected chi connectivity index (χ1v) is 11.0. The Morgan fingerprint density at radius 3 is 2.34 bits per heavy atom. The second-order valence-corrected chi connectivity index (χ2v) is 8.98. The van der Waals surface area contributed by atoms with E-state index >= 15 is 0 Å². The van der Waals surface area contributed by atoms with Crippen LogP contribution in [0.4, 0.5) is 13.2 Å². The molecule has 13 heteroatoms. The summed E-state index contributed by atoms with van der Waals surface area (Å²) in [5.41, 5.74) is -0.116. The fraction of sp³-hybridized carbons (Fsp3) is 0.526. The number of ether oxygens (including phenoxy) is 2. The highest BCUT2D eigenvalue weighted by Gasteiger charge is 2.36. The van der Waals surface area contributed by atoms with Crippen LogP contribution >= 0.6 is 0 Å². The van der Waals surface area contributed by atoms with Gasteiger partial charge < -0.3 is 14.8 Å². The monoisotopic (exact) mass is 480 g/mol. The van der Waals surface area contributed by atoms with Gasteiger partial charge in [-0.2, -0.15) is 17.5 Å². The second-order valence-electron chi connectivity index (χ2n) is 7.08. The molecule has 1 unspecified atom stereocenters. The summed E-state index contributed by atoms with van der Waals surface area (Å²) in [7, 11) is -2.91. The van der Waals surface area contributed by atoms with Gasteiger partial charge in [-0.15, -0.1) is 0 Å². The minimum atomic E-state index is -4.59. The summed E-state index contributed by atoms with van der Waals surface area (Å²) in [5, 5.41) is 1.63. The van der Waals surface area contributed by atoms with E-state index in [2.05, 4.69) is 4.74 Å². The van der Waals surface area contributed by atoms with Crippen LogP contribution in [0.1, 0.15) is 30.1 Å². The number of methoxy groups -OCH3 is 1. The van der Waals surface area contributed by atoms with Crippen molar-refractivity contribution < 1.29 is 45.4 Å². The number of benzene rings is 1. The molecule has 2 rings (SSSR count).